The van der Waals surface area contributed by atoms with E-state index in [4.69, 9.17) is 0 Å². The van der Waals surface area contributed by atoms with Crippen LogP contribution in [0, 0.1) is 5.92 Å². The molecule has 0 aliphatic carbocycles. The van der Waals surface area contributed by atoms with Crippen LogP contribution in [0.3, 0.4) is 0 Å². The molecule has 0 radical (unpaired) electrons. The van der Waals surface area contributed by atoms with E-state index in [1.165, 1.54) is 0 Å². The minimum atomic E-state index is -0.879. The molecule has 1 N–H and O–H groups in total. The summed E-state index contributed by atoms with van der Waals surface area (Å²) in [5, 5.41) is 2.71. The van der Waals surface area contributed by atoms with Crippen molar-refractivity contribution in [1.29, 1.82) is 0 Å². The molecule has 0 fully saturated rings. The average Bonchev–Trinajstić information content (AvgIpc) is 2.90. The molecule has 0 saturated heterocycles. The van der Waals surface area contributed by atoms with E-state index < -0.39 is 5.54 Å². The fourth-order valence-electron chi connectivity index (χ4n) is 2.91. The Bertz CT molecular complexity index is 551. The fraction of sp³-hybridized carbons (Fsp3) is 0.412. The van der Waals surface area contributed by atoms with Gasteiger partial charge in [0, 0.05) is 19.2 Å². The van der Waals surface area contributed by atoms with Gasteiger partial charge in [-0.15, -0.1) is 0 Å². The second kappa shape index (κ2) is 6.12. The van der Waals surface area contributed by atoms with Crippen molar-refractivity contribution < 1.29 is 9.59 Å². The van der Waals surface area contributed by atoms with Crippen molar-refractivity contribution in [2.24, 2.45) is 5.92 Å². The van der Waals surface area contributed by atoms with Crippen molar-refractivity contribution in [3.63, 3.8) is 0 Å². The van der Waals surface area contributed by atoms with Crippen LogP contribution in [0.25, 0.3) is 0 Å². The Kier molecular flexibility index (Phi) is 4.46. The molecule has 21 heavy (non-hydrogen) atoms. The highest BCUT2D eigenvalue weighted by Gasteiger charge is 2.46. The summed E-state index contributed by atoms with van der Waals surface area (Å²) in [6.45, 7) is 4.58. The molecule has 0 spiro atoms. The van der Waals surface area contributed by atoms with E-state index in [2.05, 4.69) is 19.2 Å². The number of nitrogens with zero attached hydrogens (tertiary/aromatic N) is 1. The summed E-state index contributed by atoms with van der Waals surface area (Å²) >= 11 is 0. The van der Waals surface area contributed by atoms with Gasteiger partial charge >= 0.3 is 0 Å². The number of carbonyl (C=O) groups is 2. The fourth-order valence-corrected chi connectivity index (χ4v) is 2.91. The van der Waals surface area contributed by atoms with Crippen molar-refractivity contribution in [2.75, 3.05) is 13.6 Å². The second-order valence-electron chi connectivity index (χ2n) is 5.79. The zero-order valence-electron chi connectivity index (χ0n) is 12.8. The Morgan fingerprint density at radius 2 is 1.95 bits per heavy atom. The first-order chi connectivity index (χ1) is 10.0. The van der Waals surface area contributed by atoms with Crippen LogP contribution in [0.2, 0.25) is 0 Å². The number of likely N-dealkylation sites (N-methyl/N-ethyl adjacent to an activating group) is 1. The summed E-state index contributed by atoms with van der Waals surface area (Å²) in [6.07, 6.45) is 4.38. The summed E-state index contributed by atoms with van der Waals surface area (Å²) in [5.74, 6) is 0.0650. The second-order valence-corrected chi connectivity index (χ2v) is 5.79. The summed E-state index contributed by atoms with van der Waals surface area (Å²) in [4.78, 5) is 26.9. The smallest absolute Gasteiger partial charge is 0.255 e. The van der Waals surface area contributed by atoms with Crippen LogP contribution in [0.5, 0.6) is 0 Å². The molecule has 0 aromatic heterocycles. The quantitative estimate of drug-likeness (QED) is 0.863. The van der Waals surface area contributed by atoms with Crippen LogP contribution in [0.15, 0.2) is 42.5 Å². The lowest BCUT2D eigenvalue weighted by Crippen LogP contribution is -2.57. The first kappa shape index (κ1) is 15.3. The number of benzene rings is 1. The van der Waals surface area contributed by atoms with Gasteiger partial charge in [0.1, 0.15) is 5.54 Å². The topological polar surface area (TPSA) is 49.4 Å². The van der Waals surface area contributed by atoms with E-state index >= 15 is 0 Å². The summed E-state index contributed by atoms with van der Waals surface area (Å²) < 4.78 is 0. The molecule has 4 nitrogen and oxygen atoms in total. The Labute approximate surface area is 125 Å². The van der Waals surface area contributed by atoms with Gasteiger partial charge in [-0.25, -0.2) is 0 Å². The van der Waals surface area contributed by atoms with E-state index in [0.717, 1.165) is 0 Å². The van der Waals surface area contributed by atoms with Gasteiger partial charge < -0.3 is 10.2 Å². The standard InChI is InChI=1S/C17H22N2O2/c1-13(2)12-17(16(21)18-3)10-7-11-19(17)15(20)14-8-5-4-6-9-14/h4-10,13H,11-12H2,1-3H3,(H,18,21)/t17-/m0/s1. The first-order valence-corrected chi connectivity index (χ1v) is 7.28. The van der Waals surface area contributed by atoms with Crippen molar-refractivity contribution in [2.45, 2.75) is 25.8 Å². The van der Waals surface area contributed by atoms with E-state index in [9.17, 15) is 9.59 Å². The van der Waals surface area contributed by atoms with E-state index in [0.29, 0.717) is 24.4 Å². The molecule has 1 aromatic carbocycles. The molecular formula is C17H22N2O2. The minimum absolute atomic E-state index is 0.107. The van der Waals surface area contributed by atoms with Gasteiger partial charge in [0.05, 0.1) is 0 Å². The highest BCUT2D eigenvalue weighted by atomic mass is 16.2. The van der Waals surface area contributed by atoms with Crippen LogP contribution in [0.4, 0.5) is 0 Å². The molecular weight excluding hydrogens is 264 g/mol. The summed E-state index contributed by atoms with van der Waals surface area (Å²) in [6, 6.07) is 9.11. The molecule has 1 atom stereocenters. The number of rotatable bonds is 4. The molecule has 0 unspecified atom stereocenters. The minimum Gasteiger partial charge on any atom is -0.357 e. The van der Waals surface area contributed by atoms with Crippen molar-refractivity contribution >= 4 is 11.8 Å². The molecule has 1 heterocycles. The van der Waals surface area contributed by atoms with Gasteiger partial charge in [-0.3, -0.25) is 9.59 Å². The molecule has 1 aliphatic rings. The maximum absolute atomic E-state index is 12.8. The Balaban J connectivity index is 2.37. The number of carbonyl (C=O) groups excluding carboxylic acids is 2. The zero-order valence-corrected chi connectivity index (χ0v) is 12.8. The number of hydrogen-bond acceptors (Lipinski definition) is 2. The van der Waals surface area contributed by atoms with E-state index in [1.807, 2.05) is 30.4 Å². The molecule has 2 rings (SSSR count). The lowest BCUT2D eigenvalue weighted by molar-refractivity contribution is -0.129. The van der Waals surface area contributed by atoms with Crippen LogP contribution in [-0.2, 0) is 4.79 Å². The monoisotopic (exact) mass is 286 g/mol. The Morgan fingerprint density at radius 3 is 2.52 bits per heavy atom. The van der Waals surface area contributed by atoms with Crippen LogP contribution in [0.1, 0.15) is 30.6 Å². The van der Waals surface area contributed by atoms with Gasteiger partial charge in [0.15, 0.2) is 0 Å². The third-order valence-electron chi connectivity index (χ3n) is 3.77. The van der Waals surface area contributed by atoms with Crippen molar-refractivity contribution in [1.82, 2.24) is 10.2 Å². The van der Waals surface area contributed by atoms with Gasteiger partial charge in [0.25, 0.3) is 5.91 Å². The van der Waals surface area contributed by atoms with E-state index in [-0.39, 0.29) is 11.8 Å². The van der Waals surface area contributed by atoms with Gasteiger partial charge in [-0.2, -0.15) is 0 Å². The molecule has 112 valence electrons. The maximum Gasteiger partial charge on any atom is 0.255 e. The molecule has 0 bridgehead atoms. The normalized spacial score (nSPS) is 20.9. The molecule has 2 amide bonds. The molecule has 0 saturated carbocycles. The lowest BCUT2D eigenvalue weighted by Gasteiger charge is -2.37. The summed E-state index contributed by atoms with van der Waals surface area (Å²) in [7, 11) is 1.61. The average molecular weight is 286 g/mol. The zero-order chi connectivity index (χ0) is 15.5. The third kappa shape index (κ3) is 2.84. The van der Waals surface area contributed by atoms with Gasteiger partial charge in [-0.05, 0) is 24.5 Å². The number of hydrogen-bond donors (Lipinski definition) is 1. The number of nitrogens with one attached hydrogen (secondary N) is 1. The van der Waals surface area contributed by atoms with Gasteiger partial charge in [0.2, 0.25) is 5.91 Å². The van der Waals surface area contributed by atoms with Crippen molar-refractivity contribution in [3.05, 3.63) is 48.0 Å². The van der Waals surface area contributed by atoms with E-state index in [1.54, 1.807) is 24.1 Å². The largest absolute Gasteiger partial charge is 0.357 e. The highest BCUT2D eigenvalue weighted by Crippen LogP contribution is 2.32. The summed E-state index contributed by atoms with van der Waals surface area (Å²) in [5.41, 5.74) is -0.270. The predicted octanol–water partition coefficient (Wildman–Crippen LogP) is 2.23. The van der Waals surface area contributed by atoms with Crippen LogP contribution in [-0.4, -0.2) is 35.8 Å². The van der Waals surface area contributed by atoms with Crippen LogP contribution < -0.4 is 5.32 Å². The lowest BCUT2D eigenvalue weighted by atomic mass is 9.87. The predicted molar refractivity (Wildman–Crippen MR) is 82.9 cm³/mol. The maximum atomic E-state index is 12.8. The third-order valence-corrected chi connectivity index (χ3v) is 3.77. The molecule has 4 heteroatoms. The Hall–Kier alpha value is -2.10. The first-order valence-electron chi connectivity index (χ1n) is 7.28. The Morgan fingerprint density at radius 1 is 1.29 bits per heavy atom. The highest BCUT2D eigenvalue weighted by molar-refractivity contribution is 6.01. The van der Waals surface area contributed by atoms with Crippen molar-refractivity contribution in [3.8, 4) is 0 Å². The molecule has 1 aliphatic heterocycles. The SMILES string of the molecule is CNC(=O)[C@@]1(CC(C)C)C=CCN1C(=O)c1ccccc1. The van der Waals surface area contributed by atoms with Gasteiger partial charge in [-0.1, -0.05) is 44.2 Å². The van der Waals surface area contributed by atoms with Crippen LogP contribution >= 0.6 is 0 Å². The number of amides is 2. The molecule has 1 aromatic rings.